The maximum Gasteiger partial charge on any atom is 0.227 e. The van der Waals surface area contributed by atoms with Crippen LogP contribution in [0.15, 0.2) is 18.2 Å². The van der Waals surface area contributed by atoms with Gasteiger partial charge in [-0.25, -0.2) is 0 Å². The molecule has 4 heteroatoms. The van der Waals surface area contributed by atoms with Crippen molar-refractivity contribution in [2.24, 2.45) is 0 Å². The zero-order valence-corrected chi connectivity index (χ0v) is 11.8. The van der Waals surface area contributed by atoms with Gasteiger partial charge >= 0.3 is 0 Å². The van der Waals surface area contributed by atoms with Crippen LogP contribution in [0.1, 0.15) is 30.4 Å². The van der Waals surface area contributed by atoms with Gasteiger partial charge in [0.05, 0.1) is 19.1 Å². The summed E-state index contributed by atoms with van der Waals surface area (Å²) >= 11 is 0. The Kier molecular flexibility index (Phi) is 4.33. The van der Waals surface area contributed by atoms with E-state index < -0.39 is 0 Å². The molecule has 4 nitrogen and oxygen atoms in total. The summed E-state index contributed by atoms with van der Waals surface area (Å²) < 4.78 is 5.58. The average molecular weight is 274 g/mol. The first-order valence-electron chi connectivity index (χ1n) is 7.56. The summed E-state index contributed by atoms with van der Waals surface area (Å²) in [5, 5.41) is 6.32. The van der Waals surface area contributed by atoms with Crippen molar-refractivity contribution in [2.75, 3.05) is 25.0 Å². The molecule has 3 rings (SSSR count). The topological polar surface area (TPSA) is 50.4 Å². The highest BCUT2D eigenvalue weighted by Gasteiger charge is 2.19. The molecule has 0 radical (unpaired) electrons. The predicted octanol–water partition coefficient (Wildman–Crippen LogP) is 1.88. The third-order valence-corrected chi connectivity index (χ3v) is 4.09. The highest BCUT2D eigenvalue weighted by atomic mass is 16.5. The number of aryl methyl sites for hydroxylation is 1. The molecule has 1 aromatic rings. The Morgan fingerprint density at radius 1 is 1.35 bits per heavy atom. The fourth-order valence-electron chi connectivity index (χ4n) is 3.06. The van der Waals surface area contributed by atoms with E-state index in [1.807, 2.05) is 12.1 Å². The van der Waals surface area contributed by atoms with Gasteiger partial charge in [0.25, 0.3) is 0 Å². The molecule has 108 valence electrons. The summed E-state index contributed by atoms with van der Waals surface area (Å²) in [4.78, 5) is 12.1. The second-order valence-electron chi connectivity index (χ2n) is 5.60. The van der Waals surface area contributed by atoms with Crippen molar-refractivity contribution in [2.45, 2.75) is 38.2 Å². The number of hydrogen-bond donors (Lipinski definition) is 2. The molecule has 1 unspecified atom stereocenters. The van der Waals surface area contributed by atoms with Crippen LogP contribution < -0.4 is 10.6 Å². The number of ether oxygens (including phenoxy) is 1. The maximum absolute atomic E-state index is 12.1. The molecule has 2 N–H and O–H groups in total. The molecule has 1 aliphatic heterocycles. The Hall–Kier alpha value is -1.39. The number of rotatable bonds is 3. The van der Waals surface area contributed by atoms with Gasteiger partial charge in [0.15, 0.2) is 0 Å². The van der Waals surface area contributed by atoms with Gasteiger partial charge in [-0.05, 0) is 42.9 Å². The average Bonchev–Trinajstić information content (AvgIpc) is 2.48. The quantitative estimate of drug-likeness (QED) is 0.885. The molecule has 0 saturated carbocycles. The second-order valence-corrected chi connectivity index (χ2v) is 5.60. The fraction of sp³-hybridized carbons (Fsp3) is 0.562. The molecule has 1 heterocycles. The van der Waals surface area contributed by atoms with E-state index in [4.69, 9.17) is 4.74 Å². The molecule has 2 aliphatic rings. The molecule has 0 spiro atoms. The van der Waals surface area contributed by atoms with Gasteiger partial charge in [-0.15, -0.1) is 0 Å². The molecule has 1 atom stereocenters. The third kappa shape index (κ3) is 3.19. The van der Waals surface area contributed by atoms with Crippen molar-refractivity contribution in [1.82, 2.24) is 5.32 Å². The fourth-order valence-corrected chi connectivity index (χ4v) is 3.06. The van der Waals surface area contributed by atoms with Crippen molar-refractivity contribution in [3.63, 3.8) is 0 Å². The number of benzene rings is 1. The Balaban J connectivity index is 1.63. The minimum Gasteiger partial charge on any atom is -0.375 e. The summed E-state index contributed by atoms with van der Waals surface area (Å²) in [6.07, 6.45) is 5.11. The van der Waals surface area contributed by atoms with Crippen LogP contribution in [0.5, 0.6) is 0 Å². The van der Waals surface area contributed by atoms with Crippen LogP contribution in [0.25, 0.3) is 0 Å². The van der Waals surface area contributed by atoms with E-state index in [2.05, 4.69) is 16.7 Å². The second kappa shape index (κ2) is 6.37. The largest absolute Gasteiger partial charge is 0.375 e. The number of morpholine rings is 1. The van der Waals surface area contributed by atoms with Crippen LogP contribution in [0.3, 0.4) is 0 Å². The zero-order chi connectivity index (χ0) is 13.8. The molecular weight excluding hydrogens is 252 g/mol. The minimum atomic E-state index is 0.00304. The molecule has 1 aromatic carbocycles. The summed E-state index contributed by atoms with van der Waals surface area (Å²) in [6.45, 7) is 2.34. The lowest BCUT2D eigenvalue weighted by molar-refractivity contribution is -0.119. The van der Waals surface area contributed by atoms with Gasteiger partial charge < -0.3 is 15.4 Å². The van der Waals surface area contributed by atoms with E-state index in [1.165, 1.54) is 24.0 Å². The molecule has 1 aliphatic carbocycles. The Labute approximate surface area is 119 Å². The van der Waals surface area contributed by atoms with E-state index in [1.54, 1.807) is 0 Å². The van der Waals surface area contributed by atoms with Crippen molar-refractivity contribution >= 4 is 11.6 Å². The Morgan fingerprint density at radius 2 is 2.25 bits per heavy atom. The van der Waals surface area contributed by atoms with Crippen LogP contribution >= 0.6 is 0 Å². The third-order valence-electron chi connectivity index (χ3n) is 4.09. The van der Waals surface area contributed by atoms with Crippen molar-refractivity contribution in [3.05, 3.63) is 29.3 Å². The summed E-state index contributed by atoms with van der Waals surface area (Å²) in [5.41, 5.74) is 3.72. The number of nitrogens with one attached hydrogen (secondary N) is 2. The smallest absolute Gasteiger partial charge is 0.227 e. The van der Waals surface area contributed by atoms with Gasteiger partial charge in [-0.3, -0.25) is 4.79 Å². The minimum absolute atomic E-state index is 0.00304. The molecule has 20 heavy (non-hydrogen) atoms. The number of carbonyl (C=O) groups excluding carboxylic acids is 1. The summed E-state index contributed by atoms with van der Waals surface area (Å²) in [5.74, 6) is 0.0534. The standard InChI is InChI=1S/C16H22N2O2/c19-16(10-13-11-17-8-9-20-13)18-15-7-3-5-12-4-1-2-6-14(12)15/h3,5,7,13,17H,1-2,4,6,8-11H2,(H,18,19). The maximum atomic E-state index is 12.1. The molecule has 1 fully saturated rings. The summed E-state index contributed by atoms with van der Waals surface area (Å²) in [7, 11) is 0. The lowest BCUT2D eigenvalue weighted by Gasteiger charge is -2.24. The highest BCUT2D eigenvalue weighted by molar-refractivity contribution is 5.92. The van der Waals surface area contributed by atoms with Gasteiger partial charge in [0.1, 0.15) is 0 Å². The van der Waals surface area contributed by atoms with Gasteiger partial charge in [0.2, 0.25) is 5.91 Å². The van der Waals surface area contributed by atoms with Crippen LogP contribution in [0, 0.1) is 0 Å². The first-order chi connectivity index (χ1) is 9.83. The zero-order valence-electron chi connectivity index (χ0n) is 11.8. The first-order valence-corrected chi connectivity index (χ1v) is 7.56. The van der Waals surface area contributed by atoms with Gasteiger partial charge in [-0.1, -0.05) is 12.1 Å². The van der Waals surface area contributed by atoms with Crippen molar-refractivity contribution in [3.8, 4) is 0 Å². The van der Waals surface area contributed by atoms with E-state index >= 15 is 0 Å². The Bertz CT molecular complexity index is 481. The molecule has 1 saturated heterocycles. The highest BCUT2D eigenvalue weighted by Crippen LogP contribution is 2.28. The van der Waals surface area contributed by atoms with Crippen LogP contribution in [-0.4, -0.2) is 31.7 Å². The lowest BCUT2D eigenvalue weighted by atomic mass is 9.90. The van der Waals surface area contributed by atoms with Crippen LogP contribution in [0.2, 0.25) is 0 Å². The summed E-state index contributed by atoms with van der Waals surface area (Å²) in [6, 6.07) is 6.23. The molecule has 1 amide bonds. The van der Waals surface area contributed by atoms with Gasteiger partial charge in [-0.2, -0.15) is 0 Å². The van der Waals surface area contributed by atoms with Crippen molar-refractivity contribution < 1.29 is 9.53 Å². The number of anilines is 1. The first kappa shape index (κ1) is 13.6. The number of fused-ring (bicyclic) bond motifs is 1. The molecule has 0 aromatic heterocycles. The van der Waals surface area contributed by atoms with Crippen LogP contribution in [0.4, 0.5) is 5.69 Å². The van der Waals surface area contributed by atoms with E-state index in [-0.39, 0.29) is 12.0 Å². The molecular formula is C16H22N2O2. The predicted molar refractivity (Wildman–Crippen MR) is 78.9 cm³/mol. The van der Waals surface area contributed by atoms with E-state index in [9.17, 15) is 4.79 Å². The lowest BCUT2D eigenvalue weighted by Crippen LogP contribution is -2.40. The van der Waals surface area contributed by atoms with Gasteiger partial charge in [0, 0.05) is 18.8 Å². The number of carbonyl (C=O) groups is 1. The Morgan fingerprint density at radius 3 is 3.10 bits per heavy atom. The normalized spacial score (nSPS) is 22.1. The van der Waals surface area contributed by atoms with Crippen molar-refractivity contribution in [1.29, 1.82) is 0 Å². The van der Waals surface area contributed by atoms with E-state index in [0.29, 0.717) is 13.0 Å². The SMILES string of the molecule is O=C(CC1CNCCO1)Nc1cccc2c1CCCC2. The van der Waals surface area contributed by atoms with Crippen LogP contribution in [-0.2, 0) is 22.4 Å². The number of hydrogen-bond acceptors (Lipinski definition) is 3. The molecule has 0 bridgehead atoms. The van der Waals surface area contributed by atoms with E-state index in [0.717, 1.165) is 31.6 Å². The number of amides is 1. The monoisotopic (exact) mass is 274 g/mol.